The van der Waals surface area contributed by atoms with Crippen molar-refractivity contribution in [3.8, 4) is 5.75 Å². The van der Waals surface area contributed by atoms with E-state index in [1.807, 2.05) is 26.0 Å². The van der Waals surface area contributed by atoms with Gasteiger partial charge in [-0.05, 0) is 49.2 Å². The quantitative estimate of drug-likeness (QED) is 0.748. The van der Waals surface area contributed by atoms with E-state index in [-0.39, 0.29) is 12.4 Å². The van der Waals surface area contributed by atoms with Crippen LogP contribution in [0.15, 0.2) is 24.3 Å². The number of ether oxygens (including phenoxy) is 1. The topological polar surface area (TPSA) is 26.3 Å². The molecule has 0 unspecified atom stereocenters. The van der Waals surface area contributed by atoms with Gasteiger partial charge in [-0.2, -0.15) is 0 Å². The predicted octanol–water partition coefficient (Wildman–Crippen LogP) is 4.93. The molecule has 0 saturated heterocycles. The largest absolute Gasteiger partial charge is 0.485 e. The Morgan fingerprint density at radius 3 is 2.37 bits per heavy atom. The molecule has 0 atom stereocenters. The third-order valence-corrected chi connectivity index (χ3v) is 4.11. The third-order valence-electron chi connectivity index (χ3n) is 2.62. The predicted molar refractivity (Wildman–Crippen MR) is 80.1 cm³/mol. The van der Waals surface area contributed by atoms with Crippen molar-refractivity contribution in [1.29, 1.82) is 0 Å². The van der Waals surface area contributed by atoms with E-state index in [1.54, 1.807) is 12.1 Å². The Morgan fingerprint density at radius 1 is 1.21 bits per heavy atom. The minimum Gasteiger partial charge on any atom is -0.485 e. The molecule has 0 amide bonds. The van der Waals surface area contributed by atoms with Crippen LogP contribution in [0.1, 0.15) is 20.8 Å². The standard InChI is InChI=1S/C14H12Cl2O2S/c1-8-5-10(15)6-9(2)14(8)18-7-11(17)12-3-4-13(16)19-12/h3-6H,7H2,1-2H3. The van der Waals surface area contributed by atoms with Crippen LogP contribution in [0.3, 0.4) is 0 Å². The molecule has 1 aromatic heterocycles. The molecule has 0 aliphatic rings. The van der Waals surface area contributed by atoms with Crippen molar-refractivity contribution in [3.63, 3.8) is 0 Å². The van der Waals surface area contributed by atoms with Gasteiger partial charge in [-0.3, -0.25) is 4.79 Å². The maximum Gasteiger partial charge on any atom is 0.210 e. The zero-order valence-corrected chi connectivity index (χ0v) is 12.8. The van der Waals surface area contributed by atoms with Gasteiger partial charge in [0.25, 0.3) is 0 Å². The van der Waals surface area contributed by atoms with Crippen LogP contribution < -0.4 is 4.74 Å². The molecule has 0 bridgehead atoms. The molecular weight excluding hydrogens is 303 g/mol. The number of rotatable bonds is 4. The Labute approximate surface area is 125 Å². The number of ketones is 1. The van der Waals surface area contributed by atoms with Crippen molar-refractivity contribution in [2.75, 3.05) is 6.61 Å². The average Bonchev–Trinajstić information content (AvgIpc) is 2.74. The van der Waals surface area contributed by atoms with E-state index in [0.717, 1.165) is 11.1 Å². The SMILES string of the molecule is Cc1cc(Cl)cc(C)c1OCC(=O)c1ccc(Cl)s1. The lowest BCUT2D eigenvalue weighted by atomic mass is 10.1. The first-order chi connectivity index (χ1) is 8.97. The van der Waals surface area contributed by atoms with Crippen LogP contribution >= 0.6 is 34.5 Å². The maximum absolute atomic E-state index is 11.9. The van der Waals surface area contributed by atoms with Crippen LogP contribution in [-0.2, 0) is 0 Å². The molecule has 19 heavy (non-hydrogen) atoms. The van der Waals surface area contributed by atoms with Gasteiger partial charge < -0.3 is 4.74 Å². The summed E-state index contributed by atoms with van der Waals surface area (Å²) in [5.74, 6) is 0.631. The molecule has 100 valence electrons. The molecule has 0 spiro atoms. The van der Waals surface area contributed by atoms with Gasteiger partial charge in [-0.1, -0.05) is 23.2 Å². The monoisotopic (exact) mass is 314 g/mol. The zero-order valence-electron chi connectivity index (χ0n) is 10.5. The molecule has 1 aromatic carbocycles. The smallest absolute Gasteiger partial charge is 0.210 e. The number of aryl methyl sites for hydroxylation is 2. The minimum atomic E-state index is -0.0781. The van der Waals surface area contributed by atoms with Crippen LogP contribution in [-0.4, -0.2) is 12.4 Å². The van der Waals surface area contributed by atoms with Gasteiger partial charge in [0.2, 0.25) is 5.78 Å². The Morgan fingerprint density at radius 2 is 1.84 bits per heavy atom. The summed E-state index contributed by atoms with van der Waals surface area (Å²) in [6.07, 6.45) is 0. The molecule has 1 heterocycles. The van der Waals surface area contributed by atoms with Gasteiger partial charge in [-0.15, -0.1) is 11.3 Å². The number of Topliss-reactive ketones (excluding diaryl/α,β-unsaturated/α-hetero) is 1. The summed E-state index contributed by atoms with van der Waals surface area (Å²) >= 11 is 13.0. The Kier molecular flexibility index (Phi) is 4.50. The molecule has 2 nitrogen and oxygen atoms in total. The normalized spacial score (nSPS) is 10.5. The van der Waals surface area contributed by atoms with Gasteiger partial charge in [0, 0.05) is 5.02 Å². The molecule has 0 aliphatic heterocycles. The zero-order chi connectivity index (χ0) is 14.0. The number of carbonyl (C=O) groups is 1. The summed E-state index contributed by atoms with van der Waals surface area (Å²) in [4.78, 5) is 12.5. The lowest BCUT2D eigenvalue weighted by Gasteiger charge is -2.11. The molecule has 0 N–H and O–H groups in total. The first-order valence-corrected chi connectivity index (χ1v) is 7.22. The van der Waals surface area contributed by atoms with Crippen LogP contribution in [0.5, 0.6) is 5.75 Å². The Balaban J connectivity index is 2.09. The minimum absolute atomic E-state index is 0.000153. The lowest BCUT2D eigenvalue weighted by Crippen LogP contribution is -2.11. The highest BCUT2D eigenvalue weighted by Gasteiger charge is 2.12. The number of halogens is 2. The summed E-state index contributed by atoms with van der Waals surface area (Å²) < 4.78 is 6.20. The van der Waals surface area contributed by atoms with Crippen molar-refractivity contribution in [1.82, 2.24) is 0 Å². The molecule has 0 radical (unpaired) electrons. The van der Waals surface area contributed by atoms with Crippen LogP contribution in [0, 0.1) is 13.8 Å². The molecule has 0 saturated carbocycles. The molecule has 2 aromatic rings. The summed E-state index contributed by atoms with van der Waals surface area (Å²) in [5.41, 5.74) is 1.84. The highest BCUT2D eigenvalue weighted by Crippen LogP contribution is 2.27. The number of hydrogen-bond donors (Lipinski definition) is 0. The third kappa shape index (κ3) is 3.50. The van der Waals surface area contributed by atoms with Gasteiger partial charge >= 0.3 is 0 Å². The Bertz CT molecular complexity index is 597. The van der Waals surface area contributed by atoms with Crippen molar-refractivity contribution < 1.29 is 9.53 Å². The number of hydrogen-bond acceptors (Lipinski definition) is 3. The summed E-state index contributed by atoms with van der Waals surface area (Å²) in [5, 5.41) is 0.665. The van der Waals surface area contributed by atoms with Gasteiger partial charge in [-0.25, -0.2) is 0 Å². The fourth-order valence-corrected chi connectivity index (χ4v) is 3.09. The average molecular weight is 315 g/mol. The van der Waals surface area contributed by atoms with Crippen LogP contribution in [0.4, 0.5) is 0 Å². The fourth-order valence-electron chi connectivity index (χ4n) is 1.80. The van der Waals surface area contributed by atoms with Gasteiger partial charge in [0.05, 0.1) is 9.21 Å². The summed E-state index contributed by atoms with van der Waals surface area (Å²) in [7, 11) is 0. The van der Waals surface area contributed by atoms with Crippen molar-refractivity contribution in [2.24, 2.45) is 0 Å². The second-order valence-electron chi connectivity index (χ2n) is 4.18. The molecule has 5 heteroatoms. The van der Waals surface area contributed by atoms with Crippen molar-refractivity contribution >= 4 is 40.3 Å². The molecular formula is C14H12Cl2O2S. The van der Waals surface area contributed by atoms with E-state index >= 15 is 0 Å². The molecule has 0 aliphatic carbocycles. The first-order valence-electron chi connectivity index (χ1n) is 5.65. The van der Waals surface area contributed by atoms with E-state index in [2.05, 4.69) is 0 Å². The second kappa shape index (κ2) is 5.95. The van der Waals surface area contributed by atoms with Gasteiger partial charge in [0.1, 0.15) is 5.75 Å². The van der Waals surface area contributed by atoms with Crippen LogP contribution in [0.25, 0.3) is 0 Å². The van der Waals surface area contributed by atoms with E-state index in [0.29, 0.717) is 20.0 Å². The van der Waals surface area contributed by atoms with E-state index in [1.165, 1.54) is 11.3 Å². The second-order valence-corrected chi connectivity index (χ2v) is 6.34. The first kappa shape index (κ1) is 14.4. The lowest BCUT2D eigenvalue weighted by molar-refractivity contribution is 0.0925. The number of carbonyl (C=O) groups excluding carboxylic acids is 1. The maximum atomic E-state index is 11.9. The highest BCUT2D eigenvalue weighted by atomic mass is 35.5. The van der Waals surface area contributed by atoms with Crippen LogP contribution in [0.2, 0.25) is 9.36 Å². The number of benzene rings is 1. The van der Waals surface area contributed by atoms with Gasteiger partial charge in [0.15, 0.2) is 6.61 Å². The molecule has 2 rings (SSSR count). The summed E-state index contributed by atoms with van der Waals surface area (Å²) in [6.45, 7) is 3.81. The summed E-state index contributed by atoms with van der Waals surface area (Å²) in [6, 6.07) is 7.05. The van der Waals surface area contributed by atoms with E-state index in [4.69, 9.17) is 27.9 Å². The Hall–Kier alpha value is -1.03. The van der Waals surface area contributed by atoms with E-state index < -0.39 is 0 Å². The van der Waals surface area contributed by atoms with Crippen molar-refractivity contribution in [2.45, 2.75) is 13.8 Å². The molecule has 0 fully saturated rings. The number of thiophene rings is 1. The van der Waals surface area contributed by atoms with Crippen molar-refractivity contribution in [3.05, 3.63) is 49.6 Å². The fraction of sp³-hybridized carbons (Fsp3) is 0.214. The van der Waals surface area contributed by atoms with E-state index in [9.17, 15) is 4.79 Å². The highest BCUT2D eigenvalue weighted by molar-refractivity contribution is 7.18.